The largest absolute Gasteiger partial charge is 0.492 e. The predicted molar refractivity (Wildman–Crippen MR) is 116 cm³/mol. The minimum absolute atomic E-state index is 0.197. The van der Waals surface area contributed by atoms with Gasteiger partial charge in [-0.2, -0.15) is 0 Å². The number of ether oxygens (including phenoxy) is 1. The molecule has 0 radical (unpaired) electrons. The number of anilines is 1. The Hall–Kier alpha value is -2.84. The van der Waals surface area contributed by atoms with Crippen LogP contribution in [0.1, 0.15) is 29.2 Å². The van der Waals surface area contributed by atoms with Gasteiger partial charge in [-0.3, -0.25) is 4.79 Å². The second-order valence-electron chi connectivity index (χ2n) is 6.36. The van der Waals surface area contributed by atoms with Crippen LogP contribution >= 0.6 is 11.3 Å². The number of rotatable bonds is 9. The molecule has 1 N–H and O–H groups in total. The quantitative estimate of drug-likeness (QED) is 0.576. The van der Waals surface area contributed by atoms with E-state index < -0.39 is 0 Å². The Balaban J connectivity index is 1.59. The van der Waals surface area contributed by atoms with Crippen LogP contribution in [0.25, 0.3) is 10.8 Å². The highest BCUT2D eigenvalue weighted by atomic mass is 32.1. The molecule has 29 heavy (non-hydrogen) atoms. The maximum Gasteiger partial charge on any atom is 0.267 e. The summed E-state index contributed by atoms with van der Waals surface area (Å²) in [7, 11) is 0. The number of aryl methyl sites for hydroxylation is 1. The molecule has 8 heteroatoms. The lowest BCUT2D eigenvalue weighted by Crippen LogP contribution is -2.27. The van der Waals surface area contributed by atoms with Crippen LogP contribution in [-0.4, -0.2) is 52.0 Å². The Morgan fingerprint density at radius 1 is 1.14 bits per heavy atom. The molecule has 2 heterocycles. The SMILES string of the molecule is CCN(CC)CCOc1ccc(NC(=O)c2sc(-c3ncccn3)nc2C)cc1. The minimum Gasteiger partial charge on any atom is -0.492 e. The number of nitrogens with zero attached hydrogens (tertiary/aromatic N) is 4. The first-order chi connectivity index (χ1) is 14.1. The van der Waals surface area contributed by atoms with Gasteiger partial charge >= 0.3 is 0 Å². The van der Waals surface area contributed by atoms with E-state index in [1.807, 2.05) is 31.2 Å². The number of carbonyl (C=O) groups excluding carboxylic acids is 1. The number of benzene rings is 1. The van der Waals surface area contributed by atoms with Crippen molar-refractivity contribution in [1.82, 2.24) is 19.9 Å². The molecule has 0 bridgehead atoms. The minimum atomic E-state index is -0.197. The third-order valence-corrected chi connectivity index (χ3v) is 5.59. The van der Waals surface area contributed by atoms with Crippen molar-refractivity contribution in [2.45, 2.75) is 20.8 Å². The molecular formula is C21H25N5O2S. The van der Waals surface area contributed by atoms with Gasteiger partial charge in [-0.1, -0.05) is 13.8 Å². The second kappa shape index (κ2) is 10.1. The number of aromatic nitrogens is 3. The van der Waals surface area contributed by atoms with Crippen LogP contribution in [0.5, 0.6) is 5.75 Å². The third kappa shape index (κ3) is 5.58. The Morgan fingerprint density at radius 3 is 2.48 bits per heavy atom. The van der Waals surface area contributed by atoms with E-state index in [4.69, 9.17) is 4.74 Å². The van der Waals surface area contributed by atoms with Crippen LogP contribution in [0.2, 0.25) is 0 Å². The molecule has 1 amide bonds. The molecule has 152 valence electrons. The van der Waals surface area contributed by atoms with Crippen molar-refractivity contribution in [3.05, 3.63) is 53.3 Å². The van der Waals surface area contributed by atoms with Gasteiger partial charge in [0.1, 0.15) is 17.2 Å². The molecule has 0 aliphatic heterocycles. The Labute approximate surface area is 174 Å². The van der Waals surface area contributed by atoms with Crippen molar-refractivity contribution < 1.29 is 9.53 Å². The van der Waals surface area contributed by atoms with Gasteiger partial charge in [-0.25, -0.2) is 15.0 Å². The van der Waals surface area contributed by atoms with E-state index in [0.29, 0.717) is 33.7 Å². The maximum absolute atomic E-state index is 12.7. The highest BCUT2D eigenvalue weighted by molar-refractivity contribution is 7.17. The lowest BCUT2D eigenvalue weighted by atomic mass is 10.3. The second-order valence-corrected chi connectivity index (χ2v) is 7.36. The number of hydrogen-bond acceptors (Lipinski definition) is 7. The van der Waals surface area contributed by atoms with Gasteiger partial charge in [0.05, 0.1) is 5.69 Å². The molecule has 3 aromatic rings. The standard InChI is InChI=1S/C21H25N5O2S/c1-4-26(5-2)13-14-28-17-9-7-16(8-10-17)25-20(27)18-15(3)24-21(29-18)19-22-11-6-12-23-19/h6-12H,4-5,13-14H2,1-3H3,(H,25,27). The van der Waals surface area contributed by atoms with Gasteiger partial charge in [-0.05, 0) is 50.3 Å². The molecule has 0 atom stereocenters. The van der Waals surface area contributed by atoms with Gasteiger partial charge in [0.2, 0.25) is 0 Å². The monoisotopic (exact) mass is 411 g/mol. The number of thiazole rings is 1. The van der Waals surface area contributed by atoms with Crippen LogP contribution in [0.3, 0.4) is 0 Å². The Bertz CT molecular complexity index is 924. The Kier molecular flexibility index (Phi) is 7.26. The molecule has 3 rings (SSSR count). The van der Waals surface area contributed by atoms with Crippen molar-refractivity contribution in [3.8, 4) is 16.6 Å². The fraction of sp³-hybridized carbons (Fsp3) is 0.333. The summed E-state index contributed by atoms with van der Waals surface area (Å²) in [6.45, 7) is 9.65. The normalized spacial score (nSPS) is 10.9. The van der Waals surface area contributed by atoms with Crippen LogP contribution in [0.15, 0.2) is 42.7 Å². The van der Waals surface area contributed by atoms with Crippen molar-refractivity contribution in [2.24, 2.45) is 0 Å². The summed E-state index contributed by atoms with van der Waals surface area (Å²) in [5.41, 5.74) is 1.36. The number of amides is 1. The summed E-state index contributed by atoms with van der Waals surface area (Å²) in [6.07, 6.45) is 3.31. The van der Waals surface area contributed by atoms with Gasteiger partial charge in [0.25, 0.3) is 5.91 Å². The van der Waals surface area contributed by atoms with E-state index in [1.54, 1.807) is 18.5 Å². The molecule has 0 fully saturated rings. The van der Waals surface area contributed by atoms with Gasteiger partial charge in [0.15, 0.2) is 10.8 Å². The van der Waals surface area contributed by atoms with E-state index in [9.17, 15) is 4.79 Å². The molecule has 0 aliphatic carbocycles. The zero-order chi connectivity index (χ0) is 20.6. The lowest BCUT2D eigenvalue weighted by molar-refractivity contribution is 0.103. The average Bonchev–Trinajstić information content (AvgIpc) is 3.15. The molecular weight excluding hydrogens is 386 g/mol. The van der Waals surface area contributed by atoms with Crippen LogP contribution in [0.4, 0.5) is 5.69 Å². The zero-order valence-electron chi connectivity index (χ0n) is 16.9. The molecule has 0 unspecified atom stereocenters. The highest BCUT2D eigenvalue weighted by Gasteiger charge is 2.17. The van der Waals surface area contributed by atoms with Gasteiger partial charge < -0.3 is 15.0 Å². The molecule has 0 saturated carbocycles. The molecule has 0 aliphatic rings. The summed E-state index contributed by atoms with van der Waals surface area (Å²) in [4.78, 5) is 28.3. The van der Waals surface area contributed by atoms with Crippen molar-refractivity contribution in [1.29, 1.82) is 0 Å². The summed E-state index contributed by atoms with van der Waals surface area (Å²) < 4.78 is 5.78. The third-order valence-electron chi connectivity index (χ3n) is 4.44. The summed E-state index contributed by atoms with van der Waals surface area (Å²) >= 11 is 1.28. The number of carbonyl (C=O) groups is 1. The molecule has 0 saturated heterocycles. The smallest absolute Gasteiger partial charge is 0.267 e. The van der Waals surface area contributed by atoms with Gasteiger partial charge in [-0.15, -0.1) is 11.3 Å². The van der Waals surface area contributed by atoms with E-state index in [0.717, 1.165) is 25.4 Å². The first-order valence-electron chi connectivity index (χ1n) is 9.62. The molecule has 0 spiro atoms. The van der Waals surface area contributed by atoms with Crippen molar-refractivity contribution in [2.75, 3.05) is 31.6 Å². The fourth-order valence-electron chi connectivity index (χ4n) is 2.77. The van der Waals surface area contributed by atoms with Crippen LogP contribution in [-0.2, 0) is 0 Å². The Morgan fingerprint density at radius 2 is 1.83 bits per heavy atom. The molecule has 2 aromatic heterocycles. The van der Waals surface area contributed by atoms with E-state index in [1.165, 1.54) is 11.3 Å². The van der Waals surface area contributed by atoms with Crippen LogP contribution in [0, 0.1) is 6.92 Å². The van der Waals surface area contributed by atoms with Crippen LogP contribution < -0.4 is 10.1 Å². The van der Waals surface area contributed by atoms with Crippen molar-refractivity contribution in [3.63, 3.8) is 0 Å². The molecule has 1 aromatic carbocycles. The van der Waals surface area contributed by atoms with E-state index in [2.05, 4.69) is 39.0 Å². The zero-order valence-corrected chi connectivity index (χ0v) is 17.7. The number of likely N-dealkylation sites (N-methyl/N-ethyl adjacent to an activating group) is 1. The van der Waals surface area contributed by atoms with Gasteiger partial charge in [0, 0.05) is 24.6 Å². The highest BCUT2D eigenvalue weighted by Crippen LogP contribution is 2.26. The topological polar surface area (TPSA) is 80.2 Å². The summed E-state index contributed by atoms with van der Waals surface area (Å²) in [5.74, 6) is 1.11. The average molecular weight is 412 g/mol. The maximum atomic E-state index is 12.7. The number of nitrogens with one attached hydrogen (secondary N) is 1. The predicted octanol–water partition coefficient (Wildman–Crippen LogP) is 3.88. The number of hydrogen-bond donors (Lipinski definition) is 1. The van der Waals surface area contributed by atoms with Crippen molar-refractivity contribution >= 4 is 22.9 Å². The first-order valence-corrected chi connectivity index (χ1v) is 10.4. The lowest BCUT2D eigenvalue weighted by Gasteiger charge is -2.18. The fourth-order valence-corrected chi connectivity index (χ4v) is 3.68. The first kappa shape index (κ1) is 20.9. The van der Waals surface area contributed by atoms with E-state index >= 15 is 0 Å². The summed E-state index contributed by atoms with van der Waals surface area (Å²) in [6, 6.07) is 9.14. The summed E-state index contributed by atoms with van der Waals surface area (Å²) in [5, 5.41) is 3.54. The molecule has 7 nitrogen and oxygen atoms in total. The van der Waals surface area contributed by atoms with E-state index in [-0.39, 0.29) is 5.91 Å².